The summed E-state index contributed by atoms with van der Waals surface area (Å²) in [6.45, 7) is -0.273. The van der Waals surface area contributed by atoms with Gasteiger partial charge in [-0.2, -0.15) is 8.78 Å². The fourth-order valence-electron chi connectivity index (χ4n) is 0.967. The van der Waals surface area contributed by atoms with Gasteiger partial charge in [0.05, 0.1) is 5.56 Å². The Balaban J connectivity index is 2.72. The summed E-state index contributed by atoms with van der Waals surface area (Å²) < 4.78 is 23.4. The highest BCUT2D eigenvalue weighted by molar-refractivity contribution is 7.98. The molecule has 0 aliphatic heterocycles. The van der Waals surface area contributed by atoms with E-state index < -0.39 is 12.0 Å². The molecule has 17 heavy (non-hydrogen) atoms. The smallest absolute Gasteiger partial charge is 0.268 e. The number of hydrogen-bond acceptors (Lipinski definition) is 5. The predicted octanol–water partition coefficient (Wildman–Crippen LogP) is 1.29. The van der Waals surface area contributed by atoms with Crippen molar-refractivity contribution in [1.29, 1.82) is 0 Å². The van der Waals surface area contributed by atoms with Crippen LogP contribution in [0.2, 0.25) is 0 Å². The van der Waals surface area contributed by atoms with Crippen LogP contribution in [-0.4, -0.2) is 28.7 Å². The van der Waals surface area contributed by atoms with Crippen molar-refractivity contribution < 1.29 is 13.6 Å². The van der Waals surface area contributed by atoms with E-state index in [4.69, 9.17) is 5.73 Å². The SMILES string of the molecule is CSc1ncc(C(=O)NCC=C(F)F)c(N)n1. The summed E-state index contributed by atoms with van der Waals surface area (Å²) in [4.78, 5) is 19.2. The van der Waals surface area contributed by atoms with Gasteiger partial charge in [0.25, 0.3) is 12.0 Å². The molecule has 1 aromatic heterocycles. The van der Waals surface area contributed by atoms with Crippen LogP contribution in [0.5, 0.6) is 0 Å². The summed E-state index contributed by atoms with van der Waals surface area (Å²) in [5, 5.41) is 2.69. The first-order valence-corrected chi connectivity index (χ1v) is 5.73. The molecule has 1 heterocycles. The average molecular weight is 260 g/mol. The third kappa shape index (κ3) is 3.99. The zero-order chi connectivity index (χ0) is 12.8. The monoisotopic (exact) mass is 260 g/mol. The molecular weight excluding hydrogens is 250 g/mol. The lowest BCUT2D eigenvalue weighted by atomic mass is 10.3. The Hall–Kier alpha value is -1.70. The van der Waals surface area contributed by atoms with Crippen molar-refractivity contribution >= 4 is 23.5 Å². The molecule has 92 valence electrons. The fraction of sp³-hybridized carbons (Fsp3) is 0.222. The van der Waals surface area contributed by atoms with Gasteiger partial charge in [-0.3, -0.25) is 4.79 Å². The quantitative estimate of drug-likeness (QED) is 0.630. The highest BCUT2D eigenvalue weighted by Gasteiger charge is 2.11. The van der Waals surface area contributed by atoms with Crippen LogP contribution in [0.3, 0.4) is 0 Å². The van der Waals surface area contributed by atoms with Gasteiger partial charge in [0.15, 0.2) is 5.16 Å². The number of aromatic nitrogens is 2. The van der Waals surface area contributed by atoms with Crippen molar-refractivity contribution in [1.82, 2.24) is 15.3 Å². The number of halogens is 2. The van der Waals surface area contributed by atoms with Gasteiger partial charge < -0.3 is 11.1 Å². The van der Waals surface area contributed by atoms with Crippen molar-refractivity contribution in [3.05, 3.63) is 23.9 Å². The van der Waals surface area contributed by atoms with E-state index in [1.807, 2.05) is 0 Å². The van der Waals surface area contributed by atoms with Crippen molar-refractivity contribution in [3.63, 3.8) is 0 Å². The van der Waals surface area contributed by atoms with E-state index in [-0.39, 0.29) is 17.9 Å². The Labute approximate surface area is 101 Å². The summed E-state index contributed by atoms with van der Waals surface area (Å²) in [7, 11) is 0. The molecule has 0 saturated heterocycles. The van der Waals surface area contributed by atoms with Gasteiger partial charge >= 0.3 is 0 Å². The Morgan fingerprint density at radius 3 is 2.88 bits per heavy atom. The highest BCUT2D eigenvalue weighted by Crippen LogP contribution is 2.13. The fourth-order valence-corrected chi connectivity index (χ4v) is 1.32. The van der Waals surface area contributed by atoms with Crippen LogP contribution in [0.1, 0.15) is 10.4 Å². The van der Waals surface area contributed by atoms with Gasteiger partial charge in [0.2, 0.25) is 0 Å². The minimum atomic E-state index is -1.85. The molecule has 0 fully saturated rings. The zero-order valence-corrected chi connectivity index (χ0v) is 9.72. The van der Waals surface area contributed by atoms with E-state index in [0.717, 1.165) is 0 Å². The van der Waals surface area contributed by atoms with Crippen LogP contribution >= 0.6 is 11.8 Å². The Morgan fingerprint density at radius 1 is 1.65 bits per heavy atom. The number of hydrogen-bond donors (Lipinski definition) is 2. The lowest BCUT2D eigenvalue weighted by Gasteiger charge is -2.05. The van der Waals surface area contributed by atoms with Gasteiger partial charge in [0, 0.05) is 18.8 Å². The van der Waals surface area contributed by atoms with Crippen molar-refractivity contribution in [2.45, 2.75) is 5.16 Å². The first kappa shape index (κ1) is 13.4. The van der Waals surface area contributed by atoms with E-state index in [2.05, 4.69) is 15.3 Å². The topological polar surface area (TPSA) is 80.9 Å². The minimum absolute atomic E-state index is 0.0200. The normalized spacial score (nSPS) is 9.82. The molecule has 0 spiro atoms. The van der Waals surface area contributed by atoms with Crippen LogP contribution < -0.4 is 11.1 Å². The number of nitrogens with zero attached hydrogens (tertiary/aromatic N) is 2. The van der Waals surface area contributed by atoms with E-state index in [1.165, 1.54) is 18.0 Å². The second-order valence-corrected chi connectivity index (χ2v) is 3.63. The Morgan fingerprint density at radius 2 is 2.35 bits per heavy atom. The van der Waals surface area contributed by atoms with Crippen LogP contribution in [0, 0.1) is 0 Å². The van der Waals surface area contributed by atoms with Crippen LogP contribution in [-0.2, 0) is 0 Å². The number of thioether (sulfide) groups is 1. The molecule has 1 aromatic rings. The van der Waals surface area contributed by atoms with Gasteiger partial charge in [-0.05, 0) is 6.26 Å². The van der Waals surface area contributed by atoms with Gasteiger partial charge in [-0.1, -0.05) is 11.8 Å². The molecule has 0 atom stereocenters. The summed E-state index contributed by atoms with van der Waals surface area (Å²) in [6, 6.07) is 0. The van der Waals surface area contributed by atoms with Gasteiger partial charge in [-0.15, -0.1) is 0 Å². The first-order valence-electron chi connectivity index (χ1n) is 4.50. The molecule has 0 aromatic carbocycles. The number of nitrogens with one attached hydrogen (secondary N) is 1. The molecule has 1 rings (SSSR count). The van der Waals surface area contributed by atoms with E-state index in [9.17, 15) is 13.6 Å². The van der Waals surface area contributed by atoms with Crippen molar-refractivity contribution in [2.24, 2.45) is 0 Å². The molecule has 8 heteroatoms. The lowest BCUT2D eigenvalue weighted by Crippen LogP contribution is -2.25. The maximum atomic E-state index is 11.7. The molecule has 0 bridgehead atoms. The van der Waals surface area contributed by atoms with Crippen molar-refractivity contribution in [2.75, 3.05) is 18.5 Å². The van der Waals surface area contributed by atoms with E-state index in [1.54, 1.807) is 6.26 Å². The van der Waals surface area contributed by atoms with Crippen LogP contribution in [0.15, 0.2) is 23.5 Å². The van der Waals surface area contributed by atoms with E-state index >= 15 is 0 Å². The molecular formula is C9H10F2N4OS. The van der Waals surface area contributed by atoms with Crippen LogP contribution in [0.25, 0.3) is 0 Å². The standard InChI is InChI=1S/C9H10F2N4OS/c1-17-9-14-4-5(7(12)15-9)8(16)13-3-2-6(10)11/h2,4H,3H2,1H3,(H,13,16)(H2,12,14,15). The summed E-state index contributed by atoms with van der Waals surface area (Å²) >= 11 is 1.28. The summed E-state index contributed by atoms with van der Waals surface area (Å²) in [5.41, 5.74) is 5.61. The highest BCUT2D eigenvalue weighted by atomic mass is 32.2. The van der Waals surface area contributed by atoms with Crippen molar-refractivity contribution in [3.8, 4) is 0 Å². The maximum absolute atomic E-state index is 11.7. The second-order valence-electron chi connectivity index (χ2n) is 2.86. The molecule has 0 radical (unpaired) electrons. The number of nitrogens with two attached hydrogens (primary N) is 1. The second kappa shape index (κ2) is 6.14. The molecule has 1 amide bonds. The predicted molar refractivity (Wildman–Crippen MR) is 60.9 cm³/mol. The van der Waals surface area contributed by atoms with Crippen LogP contribution in [0.4, 0.5) is 14.6 Å². The lowest BCUT2D eigenvalue weighted by molar-refractivity contribution is 0.0958. The molecule has 3 N–H and O–H groups in total. The molecule has 0 saturated carbocycles. The van der Waals surface area contributed by atoms with E-state index in [0.29, 0.717) is 11.2 Å². The number of rotatable bonds is 4. The third-order valence-corrected chi connectivity index (χ3v) is 2.30. The molecule has 5 nitrogen and oxygen atoms in total. The molecule has 0 aliphatic carbocycles. The first-order chi connectivity index (χ1) is 8.04. The molecule has 0 aliphatic rings. The Kier molecular flexibility index (Phi) is 4.83. The summed E-state index contributed by atoms with van der Waals surface area (Å²) in [5.74, 6) is -0.570. The molecule has 0 unspecified atom stereocenters. The third-order valence-electron chi connectivity index (χ3n) is 1.74. The van der Waals surface area contributed by atoms with Gasteiger partial charge in [-0.25, -0.2) is 9.97 Å². The average Bonchev–Trinajstić information content (AvgIpc) is 2.28. The minimum Gasteiger partial charge on any atom is -0.383 e. The number of carbonyl (C=O) groups excluding carboxylic acids is 1. The number of carbonyl (C=O) groups is 1. The number of anilines is 1. The largest absolute Gasteiger partial charge is 0.383 e. The summed E-state index contributed by atoms with van der Waals surface area (Å²) in [6.07, 6.45) is 1.76. The van der Waals surface area contributed by atoms with Gasteiger partial charge in [0.1, 0.15) is 5.82 Å². The zero-order valence-electron chi connectivity index (χ0n) is 8.91. The Bertz CT molecular complexity index is 449. The maximum Gasteiger partial charge on any atom is 0.268 e. The number of nitrogen functional groups attached to an aromatic ring is 1. The number of amides is 1.